The third-order valence-electron chi connectivity index (χ3n) is 4.47. The van der Waals surface area contributed by atoms with Crippen LogP contribution in [0.15, 0.2) is 34.9 Å². The minimum absolute atomic E-state index is 0.0555. The van der Waals surface area contributed by atoms with E-state index < -0.39 is 0 Å². The molecule has 1 saturated carbocycles. The molecule has 0 spiro atoms. The maximum absolute atomic E-state index is 5.82. The number of rotatable bonds is 3. The minimum Gasteiger partial charge on any atom is -0.467 e. The fraction of sp³-hybridized carbons (Fsp3) is 0.438. The summed E-state index contributed by atoms with van der Waals surface area (Å²) < 4.78 is 13.2. The number of furan rings is 1. The van der Waals surface area contributed by atoms with Crippen molar-refractivity contribution in [2.75, 3.05) is 24.6 Å². The molecule has 2 fully saturated rings. The van der Waals surface area contributed by atoms with Gasteiger partial charge in [-0.25, -0.2) is 0 Å². The fourth-order valence-electron chi connectivity index (χ4n) is 3.06. The highest BCUT2D eigenvalue weighted by molar-refractivity contribution is 5.46. The lowest BCUT2D eigenvalue weighted by Crippen LogP contribution is -2.39. The lowest BCUT2D eigenvalue weighted by molar-refractivity contribution is 0.0254. The zero-order chi connectivity index (χ0) is 15.2. The maximum atomic E-state index is 5.82. The number of hydrogen-bond donors (Lipinski definition) is 0. The largest absolute Gasteiger partial charge is 0.467 e. The van der Waals surface area contributed by atoms with E-state index in [0.717, 1.165) is 36.1 Å². The summed E-state index contributed by atoms with van der Waals surface area (Å²) in [5.41, 5.74) is 0.812. The van der Waals surface area contributed by atoms with Gasteiger partial charge in [0.25, 0.3) is 0 Å². The number of nitrogens with zero attached hydrogens (tertiary/aromatic N) is 5. The van der Waals surface area contributed by atoms with E-state index in [0.29, 0.717) is 12.5 Å². The van der Waals surface area contributed by atoms with E-state index in [4.69, 9.17) is 14.3 Å². The molecule has 7 nitrogen and oxygen atoms in total. The predicted molar refractivity (Wildman–Crippen MR) is 82.4 cm³/mol. The van der Waals surface area contributed by atoms with E-state index in [9.17, 15) is 0 Å². The topological polar surface area (TPSA) is 68.7 Å². The molecule has 5 rings (SSSR count). The van der Waals surface area contributed by atoms with E-state index in [1.165, 1.54) is 12.8 Å². The molecule has 3 aromatic rings. The highest BCUT2D eigenvalue weighted by Gasteiger charge is 2.30. The fourth-order valence-corrected chi connectivity index (χ4v) is 3.06. The molecular formula is C16H17N5O2. The highest BCUT2D eigenvalue weighted by Crippen LogP contribution is 2.38. The van der Waals surface area contributed by atoms with Crippen molar-refractivity contribution in [1.29, 1.82) is 0 Å². The zero-order valence-electron chi connectivity index (χ0n) is 12.6. The molecule has 1 saturated heterocycles. The van der Waals surface area contributed by atoms with Crippen molar-refractivity contribution in [2.24, 2.45) is 0 Å². The summed E-state index contributed by atoms with van der Waals surface area (Å²) >= 11 is 0. The highest BCUT2D eigenvalue weighted by atomic mass is 16.5. The number of ether oxygens (including phenoxy) is 1. The molecule has 2 aliphatic rings. The van der Waals surface area contributed by atoms with Crippen LogP contribution in [0.2, 0.25) is 0 Å². The molecule has 0 N–H and O–H groups in total. The Hall–Kier alpha value is -2.41. The molecule has 0 radical (unpaired) electrons. The molecule has 1 aliphatic carbocycles. The molecule has 0 amide bonds. The molecule has 7 heteroatoms. The van der Waals surface area contributed by atoms with Gasteiger partial charge in [-0.3, -0.25) is 0 Å². The van der Waals surface area contributed by atoms with Gasteiger partial charge in [-0.15, -0.1) is 15.3 Å². The van der Waals surface area contributed by atoms with Gasteiger partial charge < -0.3 is 14.1 Å². The standard InChI is InChI=1S/C16H17N5O2/c1-2-12(22-8-1)13-10-20(7-9-23-13)15-6-5-14-17-18-16(11-3-4-11)21(14)19-15/h1-2,5-6,8,11,13H,3-4,7,9-10H2. The number of fused-ring (bicyclic) bond motifs is 1. The van der Waals surface area contributed by atoms with Gasteiger partial charge >= 0.3 is 0 Å². The predicted octanol–water partition coefficient (Wildman–Crippen LogP) is 2.17. The van der Waals surface area contributed by atoms with Crippen LogP contribution in [0.25, 0.3) is 5.65 Å². The Bertz CT molecular complexity index is 824. The second-order valence-electron chi connectivity index (χ2n) is 6.11. The average Bonchev–Trinajstić information content (AvgIpc) is 3.14. The summed E-state index contributed by atoms with van der Waals surface area (Å²) in [6.07, 6.45) is 4.00. The molecule has 0 aromatic carbocycles. The van der Waals surface area contributed by atoms with Crippen LogP contribution in [-0.4, -0.2) is 39.5 Å². The summed E-state index contributed by atoms with van der Waals surface area (Å²) in [6, 6.07) is 7.83. The maximum Gasteiger partial charge on any atom is 0.178 e. The molecule has 118 valence electrons. The van der Waals surface area contributed by atoms with Crippen molar-refractivity contribution >= 4 is 11.5 Å². The van der Waals surface area contributed by atoms with Crippen molar-refractivity contribution in [2.45, 2.75) is 24.9 Å². The van der Waals surface area contributed by atoms with E-state index in [2.05, 4.69) is 15.1 Å². The van der Waals surface area contributed by atoms with Crippen LogP contribution in [0.1, 0.15) is 36.4 Å². The van der Waals surface area contributed by atoms with Crippen molar-refractivity contribution in [3.63, 3.8) is 0 Å². The Kier molecular flexibility index (Phi) is 2.87. The summed E-state index contributed by atoms with van der Waals surface area (Å²) in [6.45, 7) is 2.20. The quantitative estimate of drug-likeness (QED) is 0.738. The van der Waals surface area contributed by atoms with Crippen LogP contribution >= 0.6 is 0 Å². The molecule has 0 bridgehead atoms. The van der Waals surface area contributed by atoms with Crippen LogP contribution in [-0.2, 0) is 4.74 Å². The van der Waals surface area contributed by atoms with E-state index in [1.54, 1.807) is 6.26 Å². The van der Waals surface area contributed by atoms with Gasteiger partial charge in [0.05, 0.1) is 19.4 Å². The van der Waals surface area contributed by atoms with Gasteiger partial charge in [-0.1, -0.05) is 0 Å². The summed E-state index contributed by atoms with van der Waals surface area (Å²) in [5.74, 6) is 3.30. The van der Waals surface area contributed by atoms with E-state index in [1.807, 2.05) is 28.8 Å². The minimum atomic E-state index is -0.0555. The van der Waals surface area contributed by atoms with Crippen molar-refractivity contribution in [3.05, 3.63) is 42.1 Å². The van der Waals surface area contributed by atoms with Gasteiger partial charge in [0.2, 0.25) is 0 Å². The molecule has 1 aliphatic heterocycles. The molecule has 4 heterocycles. The molecule has 1 atom stereocenters. The van der Waals surface area contributed by atoms with Gasteiger partial charge in [0, 0.05) is 12.5 Å². The zero-order valence-corrected chi connectivity index (χ0v) is 12.6. The molecule has 23 heavy (non-hydrogen) atoms. The molecule has 1 unspecified atom stereocenters. The lowest BCUT2D eigenvalue weighted by atomic mass is 10.2. The Balaban J connectivity index is 1.46. The first kappa shape index (κ1) is 13.1. The second-order valence-corrected chi connectivity index (χ2v) is 6.11. The van der Waals surface area contributed by atoms with Gasteiger partial charge in [0.15, 0.2) is 11.5 Å². The number of hydrogen-bond acceptors (Lipinski definition) is 6. The van der Waals surface area contributed by atoms with Crippen molar-refractivity contribution < 1.29 is 9.15 Å². The van der Waals surface area contributed by atoms with Gasteiger partial charge in [0.1, 0.15) is 17.7 Å². The number of anilines is 1. The van der Waals surface area contributed by atoms with Crippen LogP contribution in [0.4, 0.5) is 5.82 Å². The summed E-state index contributed by atoms with van der Waals surface area (Å²) in [5, 5.41) is 13.3. The van der Waals surface area contributed by atoms with Gasteiger partial charge in [-0.05, 0) is 37.1 Å². The summed E-state index contributed by atoms with van der Waals surface area (Å²) in [7, 11) is 0. The molecular weight excluding hydrogens is 294 g/mol. The van der Waals surface area contributed by atoms with Crippen LogP contribution in [0.3, 0.4) is 0 Å². The molecule has 3 aromatic heterocycles. The van der Waals surface area contributed by atoms with Crippen LogP contribution < -0.4 is 4.90 Å². The van der Waals surface area contributed by atoms with Gasteiger partial charge in [-0.2, -0.15) is 4.52 Å². The second kappa shape index (κ2) is 5.06. The first-order valence-corrected chi connectivity index (χ1v) is 8.01. The average molecular weight is 311 g/mol. The Morgan fingerprint density at radius 1 is 1.13 bits per heavy atom. The first-order valence-electron chi connectivity index (χ1n) is 8.01. The van der Waals surface area contributed by atoms with Crippen LogP contribution in [0.5, 0.6) is 0 Å². The Labute approximate surface area is 132 Å². The summed E-state index contributed by atoms with van der Waals surface area (Å²) in [4.78, 5) is 2.23. The Morgan fingerprint density at radius 3 is 2.91 bits per heavy atom. The smallest absolute Gasteiger partial charge is 0.178 e. The number of morpholine rings is 1. The van der Waals surface area contributed by atoms with E-state index >= 15 is 0 Å². The SMILES string of the molecule is c1coc(C2CN(c3ccc4nnc(C5CC5)n4n3)CCO2)c1. The third-order valence-corrected chi connectivity index (χ3v) is 4.47. The Morgan fingerprint density at radius 2 is 2.09 bits per heavy atom. The van der Waals surface area contributed by atoms with Crippen molar-refractivity contribution in [3.8, 4) is 0 Å². The third kappa shape index (κ3) is 2.28. The number of aromatic nitrogens is 4. The van der Waals surface area contributed by atoms with E-state index in [-0.39, 0.29) is 6.10 Å². The van der Waals surface area contributed by atoms with Crippen molar-refractivity contribution in [1.82, 2.24) is 19.8 Å². The monoisotopic (exact) mass is 311 g/mol. The van der Waals surface area contributed by atoms with Crippen LogP contribution in [0, 0.1) is 0 Å². The lowest BCUT2D eigenvalue weighted by Gasteiger charge is -2.32. The first-order chi connectivity index (χ1) is 11.4. The normalized spacial score (nSPS) is 21.9.